The molecule has 0 atom stereocenters. The van der Waals surface area contributed by atoms with Crippen molar-refractivity contribution >= 4 is 52.2 Å². The number of para-hydroxylation sites is 2. The first-order valence-electron chi connectivity index (χ1n) is 8.17. The summed E-state index contributed by atoms with van der Waals surface area (Å²) in [5.74, 6) is 0. The number of nitrogens with zero attached hydrogens (tertiary/aromatic N) is 2. The lowest BCUT2D eigenvalue weighted by Crippen LogP contribution is -2.21. The number of carbonyl (C=O) groups excluding carboxylic acids is 1. The number of rotatable bonds is 7. The first-order valence-corrected chi connectivity index (χ1v) is 8.99. The van der Waals surface area contributed by atoms with Crippen molar-refractivity contribution in [2.75, 3.05) is 27.6 Å². The van der Waals surface area contributed by atoms with Crippen LogP contribution in [0.25, 0.3) is 0 Å². The predicted octanol–water partition coefficient (Wildman–Crippen LogP) is 4.90. The maximum atomic E-state index is 10.4. The molecule has 2 aromatic carbocycles. The number of thiocarbonyl (C=S) groups is 2. The van der Waals surface area contributed by atoms with Crippen molar-refractivity contribution in [3.8, 4) is 0 Å². The van der Waals surface area contributed by atoms with Gasteiger partial charge in [-0.25, -0.2) is 9.68 Å². The van der Waals surface area contributed by atoms with Crippen LogP contribution in [0.4, 0.5) is 16.2 Å². The molecule has 0 heterocycles. The lowest BCUT2D eigenvalue weighted by molar-refractivity contribution is -0.329. The van der Waals surface area contributed by atoms with E-state index in [1.807, 2.05) is 60.7 Å². The molecule has 0 aromatic heterocycles. The SMILES string of the molecule is C.CNCOOCOC(=O)NC.S=C=Nc1ccccc1.S=C=Nc1ccccc1. The average molecular weight is 451 g/mol. The summed E-state index contributed by atoms with van der Waals surface area (Å²) < 4.78 is 4.41. The summed E-state index contributed by atoms with van der Waals surface area (Å²) in [6.07, 6.45) is -0.557. The highest BCUT2D eigenvalue weighted by molar-refractivity contribution is 7.78. The highest BCUT2D eigenvalue weighted by Gasteiger charge is 1.95. The molecule has 2 N–H and O–H groups in total. The van der Waals surface area contributed by atoms with Gasteiger partial charge in [0.1, 0.15) is 6.73 Å². The van der Waals surface area contributed by atoms with E-state index < -0.39 is 6.09 Å². The highest BCUT2D eigenvalue weighted by Crippen LogP contribution is 2.07. The van der Waals surface area contributed by atoms with Gasteiger partial charge >= 0.3 is 6.09 Å². The molecule has 0 aliphatic carbocycles. The predicted molar refractivity (Wildman–Crippen MR) is 125 cm³/mol. The van der Waals surface area contributed by atoms with E-state index in [1.165, 1.54) is 7.05 Å². The van der Waals surface area contributed by atoms with Crippen molar-refractivity contribution in [3.05, 3.63) is 60.7 Å². The smallest absolute Gasteiger partial charge is 0.409 e. The topological polar surface area (TPSA) is 93.5 Å². The monoisotopic (exact) mass is 450 g/mol. The van der Waals surface area contributed by atoms with E-state index in [2.05, 4.69) is 69.9 Å². The van der Waals surface area contributed by atoms with Crippen LogP contribution in [-0.4, -0.2) is 44.0 Å². The fourth-order valence-electron chi connectivity index (χ4n) is 1.39. The van der Waals surface area contributed by atoms with Crippen molar-refractivity contribution in [2.45, 2.75) is 7.43 Å². The Balaban J connectivity index is 0. The van der Waals surface area contributed by atoms with Crippen LogP contribution in [-0.2, 0) is 14.5 Å². The zero-order valence-electron chi connectivity index (χ0n) is 16.0. The third kappa shape index (κ3) is 18.5. The number of hydrogen-bond acceptors (Lipinski definition) is 9. The van der Waals surface area contributed by atoms with Gasteiger partial charge in [-0.05, 0) is 55.7 Å². The van der Waals surface area contributed by atoms with Crippen LogP contribution in [0.2, 0.25) is 0 Å². The van der Waals surface area contributed by atoms with Crippen LogP contribution < -0.4 is 10.6 Å². The van der Waals surface area contributed by atoms with Crippen molar-refractivity contribution in [3.63, 3.8) is 0 Å². The highest BCUT2D eigenvalue weighted by atomic mass is 32.1. The number of nitrogens with one attached hydrogen (secondary N) is 2. The minimum atomic E-state index is -0.557. The second-order valence-electron chi connectivity index (χ2n) is 4.61. The van der Waals surface area contributed by atoms with Crippen LogP contribution in [0.1, 0.15) is 7.43 Å². The van der Waals surface area contributed by atoms with E-state index in [0.29, 0.717) is 0 Å². The van der Waals surface area contributed by atoms with E-state index in [-0.39, 0.29) is 21.0 Å². The fourth-order valence-corrected chi connectivity index (χ4v) is 1.61. The molecule has 10 heteroatoms. The number of aliphatic imine (C=N–C) groups is 2. The molecular weight excluding hydrogens is 424 g/mol. The molecule has 0 fully saturated rings. The van der Waals surface area contributed by atoms with Gasteiger partial charge in [0, 0.05) is 7.05 Å². The summed E-state index contributed by atoms with van der Waals surface area (Å²) in [6.45, 7) is 0.0262. The Labute approximate surface area is 187 Å². The number of ether oxygens (including phenoxy) is 1. The van der Waals surface area contributed by atoms with Crippen LogP contribution in [0.3, 0.4) is 0 Å². The molecule has 2 aromatic rings. The quantitative estimate of drug-likeness (QED) is 0.155. The largest absolute Gasteiger partial charge is 0.419 e. The van der Waals surface area contributed by atoms with E-state index in [1.54, 1.807) is 7.05 Å². The minimum absolute atomic E-state index is 0. The molecule has 0 bridgehead atoms. The molecule has 162 valence electrons. The van der Waals surface area contributed by atoms with E-state index in [9.17, 15) is 4.79 Å². The Morgan fingerprint density at radius 2 is 1.37 bits per heavy atom. The number of hydrogen-bond donors (Lipinski definition) is 2. The molecular formula is C20H26N4O4S2. The van der Waals surface area contributed by atoms with Crippen LogP contribution in [0.15, 0.2) is 70.6 Å². The van der Waals surface area contributed by atoms with Crippen molar-refractivity contribution in [1.29, 1.82) is 0 Å². The average Bonchev–Trinajstić information content (AvgIpc) is 2.76. The zero-order valence-corrected chi connectivity index (χ0v) is 17.7. The molecule has 1 amide bonds. The summed E-state index contributed by atoms with van der Waals surface area (Å²) in [7, 11) is 3.15. The normalized spacial score (nSPS) is 8.20. The molecule has 30 heavy (non-hydrogen) atoms. The Morgan fingerprint density at radius 3 is 1.73 bits per heavy atom. The third-order valence-corrected chi connectivity index (χ3v) is 2.77. The molecule has 0 unspecified atom stereocenters. The molecule has 8 nitrogen and oxygen atoms in total. The Hall–Kier alpha value is -2.81. The van der Waals surface area contributed by atoms with Gasteiger partial charge in [-0.2, -0.15) is 14.9 Å². The van der Waals surface area contributed by atoms with Gasteiger partial charge in [-0.3, -0.25) is 5.32 Å². The molecule has 0 saturated carbocycles. The molecule has 0 aliphatic heterocycles. The molecule has 2 rings (SSSR count). The van der Waals surface area contributed by atoms with Crippen molar-refractivity contribution in [1.82, 2.24) is 10.6 Å². The second-order valence-corrected chi connectivity index (χ2v) is 4.98. The van der Waals surface area contributed by atoms with E-state index >= 15 is 0 Å². The lowest BCUT2D eigenvalue weighted by Gasteiger charge is -2.03. The summed E-state index contributed by atoms with van der Waals surface area (Å²) in [5.41, 5.74) is 1.71. The summed E-state index contributed by atoms with van der Waals surface area (Å²) in [5, 5.41) is 9.49. The standard InChI is InChI=1S/2C7H5NS.C5H12N2O4.CH4/c2*9-6-8-7-4-2-1-3-5-7;1-6-3-10-11-4-9-5(8)7-2;/h2*1-5H;6H,3-4H2,1-2H3,(H,7,8);1H4. The van der Waals surface area contributed by atoms with Gasteiger partial charge in [0.05, 0.1) is 21.7 Å². The maximum absolute atomic E-state index is 10.4. The van der Waals surface area contributed by atoms with Crippen LogP contribution in [0, 0.1) is 0 Å². The summed E-state index contributed by atoms with van der Waals surface area (Å²) >= 11 is 8.83. The van der Waals surface area contributed by atoms with Gasteiger partial charge in [0.15, 0.2) is 0 Å². The van der Waals surface area contributed by atoms with Crippen molar-refractivity contribution in [2.24, 2.45) is 9.98 Å². The van der Waals surface area contributed by atoms with Crippen LogP contribution >= 0.6 is 24.4 Å². The Morgan fingerprint density at radius 1 is 0.900 bits per heavy atom. The number of benzene rings is 2. The first-order chi connectivity index (χ1) is 14.2. The zero-order chi connectivity index (χ0) is 21.6. The van der Waals surface area contributed by atoms with E-state index in [0.717, 1.165) is 11.4 Å². The number of alkyl carbamates (subject to hydrolysis) is 1. The third-order valence-electron chi connectivity index (χ3n) is 2.59. The molecule has 0 saturated heterocycles. The number of carbonyl (C=O) groups is 1. The lowest BCUT2D eigenvalue weighted by atomic mass is 10.3. The molecule has 0 radical (unpaired) electrons. The number of isothiocyanates is 2. The summed E-state index contributed by atoms with van der Waals surface area (Å²) in [6, 6.07) is 19.0. The van der Waals surface area contributed by atoms with Crippen molar-refractivity contribution < 1.29 is 19.3 Å². The second kappa shape index (κ2) is 22.5. The molecule has 0 spiro atoms. The maximum Gasteiger partial charge on any atom is 0.409 e. The van der Waals surface area contributed by atoms with Gasteiger partial charge in [0.25, 0.3) is 0 Å². The first kappa shape index (κ1) is 29.4. The Kier molecular flexibility index (Phi) is 22.0. The fraction of sp³-hybridized carbons (Fsp3) is 0.250. The Bertz CT molecular complexity index is 713. The molecule has 0 aliphatic rings. The van der Waals surface area contributed by atoms with Crippen LogP contribution in [0.5, 0.6) is 0 Å². The van der Waals surface area contributed by atoms with Gasteiger partial charge in [0.2, 0.25) is 6.79 Å². The van der Waals surface area contributed by atoms with Gasteiger partial charge < -0.3 is 10.1 Å². The minimum Gasteiger partial charge on any atom is -0.419 e. The van der Waals surface area contributed by atoms with E-state index in [4.69, 9.17) is 0 Å². The van der Waals surface area contributed by atoms with Gasteiger partial charge in [-0.1, -0.05) is 43.8 Å². The van der Waals surface area contributed by atoms with Gasteiger partial charge in [-0.15, -0.1) is 0 Å². The number of amides is 1. The summed E-state index contributed by atoms with van der Waals surface area (Å²) in [4.78, 5) is 26.8.